The minimum atomic E-state index is -0.127. The van der Waals surface area contributed by atoms with E-state index in [-0.39, 0.29) is 6.10 Å². The normalized spacial score (nSPS) is 31.7. The second-order valence-corrected chi connectivity index (χ2v) is 4.70. The number of hydrogen-bond donors (Lipinski definition) is 1. The molecule has 3 atom stereocenters. The van der Waals surface area contributed by atoms with Gasteiger partial charge in [-0.2, -0.15) is 0 Å². The highest BCUT2D eigenvalue weighted by atomic mass is 16.3. The van der Waals surface area contributed by atoms with E-state index in [1.54, 1.807) is 6.26 Å². The third kappa shape index (κ3) is 2.63. The van der Waals surface area contributed by atoms with Crippen LogP contribution in [-0.2, 0) is 6.42 Å². The fourth-order valence-corrected chi connectivity index (χ4v) is 2.62. The first-order valence-electron chi connectivity index (χ1n) is 6.00. The molecule has 1 N–H and O–H groups in total. The molecule has 2 rings (SSSR count). The Morgan fingerprint density at radius 1 is 1.47 bits per heavy atom. The Balaban J connectivity index is 1.94. The molecule has 0 saturated heterocycles. The van der Waals surface area contributed by atoms with Crippen molar-refractivity contribution in [2.75, 3.05) is 0 Å². The van der Waals surface area contributed by atoms with Crippen LogP contribution < -0.4 is 0 Å². The van der Waals surface area contributed by atoms with Gasteiger partial charge in [-0.05, 0) is 43.2 Å². The summed E-state index contributed by atoms with van der Waals surface area (Å²) in [5.41, 5.74) is 0. The van der Waals surface area contributed by atoms with Gasteiger partial charge in [0.1, 0.15) is 5.76 Å². The minimum absolute atomic E-state index is 0.127. The second kappa shape index (κ2) is 4.84. The molecular formula is C13H20O2. The van der Waals surface area contributed by atoms with Gasteiger partial charge in [-0.3, -0.25) is 0 Å². The maximum Gasteiger partial charge on any atom is 0.104 e. The maximum atomic E-state index is 9.94. The summed E-state index contributed by atoms with van der Waals surface area (Å²) in [5.74, 6) is 2.21. The van der Waals surface area contributed by atoms with Gasteiger partial charge in [0.15, 0.2) is 0 Å². The minimum Gasteiger partial charge on any atom is -0.469 e. The topological polar surface area (TPSA) is 33.4 Å². The van der Waals surface area contributed by atoms with E-state index >= 15 is 0 Å². The first kappa shape index (κ1) is 10.7. The molecule has 0 aromatic carbocycles. The predicted molar refractivity (Wildman–Crippen MR) is 59.5 cm³/mol. The quantitative estimate of drug-likeness (QED) is 0.828. The Hall–Kier alpha value is -0.760. The Labute approximate surface area is 91.3 Å². The molecule has 84 valence electrons. The Morgan fingerprint density at radius 2 is 2.33 bits per heavy atom. The van der Waals surface area contributed by atoms with Gasteiger partial charge >= 0.3 is 0 Å². The zero-order chi connectivity index (χ0) is 10.7. The Kier molecular flexibility index (Phi) is 3.47. The maximum absolute atomic E-state index is 9.94. The van der Waals surface area contributed by atoms with E-state index in [4.69, 9.17) is 4.42 Å². The monoisotopic (exact) mass is 208 g/mol. The predicted octanol–water partition coefficient (Wildman–Crippen LogP) is 3.01. The SMILES string of the molecule is CCC1CCC(O)C(Cc2ccco2)C1. The smallest absolute Gasteiger partial charge is 0.104 e. The molecule has 1 heterocycles. The van der Waals surface area contributed by atoms with Crippen LogP contribution in [0, 0.1) is 11.8 Å². The molecule has 1 fully saturated rings. The van der Waals surface area contributed by atoms with Crippen molar-refractivity contribution in [3.8, 4) is 0 Å². The lowest BCUT2D eigenvalue weighted by molar-refractivity contribution is 0.0450. The van der Waals surface area contributed by atoms with Gasteiger partial charge in [0.05, 0.1) is 12.4 Å². The van der Waals surface area contributed by atoms with Crippen molar-refractivity contribution >= 4 is 0 Å². The first-order valence-corrected chi connectivity index (χ1v) is 6.00. The summed E-state index contributed by atoms with van der Waals surface area (Å²) < 4.78 is 5.34. The van der Waals surface area contributed by atoms with Crippen LogP contribution >= 0.6 is 0 Å². The van der Waals surface area contributed by atoms with Gasteiger partial charge in [0.25, 0.3) is 0 Å². The molecule has 1 aliphatic rings. The van der Waals surface area contributed by atoms with Gasteiger partial charge in [-0.1, -0.05) is 13.3 Å². The van der Waals surface area contributed by atoms with Crippen molar-refractivity contribution in [1.82, 2.24) is 0 Å². The van der Waals surface area contributed by atoms with Crippen LogP contribution in [0.1, 0.15) is 38.4 Å². The molecule has 0 spiro atoms. The van der Waals surface area contributed by atoms with Crippen molar-refractivity contribution in [1.29, 1.82) is 0 Å². The fourth-order valence-electron chi connectivity index (χ4n) is 2.62. The van der Waals surface area contributed by atoms with Crippen molar-refractivity contribution in [2.45, 2.75) is 45.1 Å². The number of aliphatic hydroxyl groups is 1. The molecule has 1 aromatic heterocycles. The summed E-state index contributed by atoms with van der Waals surface area (Å²) in [6, 6.07) is 3.92. The fraction of sp³-hybridized carbons (Fsp3) is 0.692. The summed E-state index contributed by atoms with van der Waals surface area (Å²) in [7, 11) is 0. The Morgan fingerprint density at radius 3 is 3.00 bits per heavy atom. The van der Waals surface area contributed by atoms with Crippen molar-refractivity contribution < 1.29 is 9.52 Å². The molecular weight excluding hydrogens is 188 g/mol. The number of rotatable bonds is 3. The van der Waals surface area contributed by atoms with Gasteiger partial charge in [0, 0.05) is 6.42 Å². The molecule has 1 saturated carbocycles. The summed E-state index contributed by atoms with van der Waals surface area (Å²) >= 11 is 0. The van der Waals surface area contributed by atoms with Crippen molar-refractivity contribution in [3.63, 3.8) is 0 Å². The summed E-state index contributed by atoms with van der Waals surface area (Å²) in [6.07, 6.45) is 7.01. The standard InChI is InChI=1S/C13H20O2/c1-2-10-5-6-13(14)11(8-10)9-12-4-3-7-15-12/h3-4,7,10-11,13-14H,2,5-6,8-9H2,1H3. The average Bonchev–Trinajstić information content (AvgIpc) is 2.74. The molecule has 0 radical (unpaired) electrons. The van der Waals surface area contributed by atoms with Crippen molar-refractivity contribution in [3.05, 3.63) is 24.2 Å². The lowest BCUT2D eigenvalue weighted by Crippen LogP contribution is -2.30. The Bertz CT molecular complexity index is 279. The molecule has 0 bridgehead atoms. The highest BCUT2D eigenvalue weighted by Crippen LogP contribution is 2.33. The number of hydrogen-bond acceptors (Lipinski definition) is 2. The van der Waals surface area contributed by atoms with Gasteiger partial charge in [-0.25, -0.2) is 0 Å². The van der Waals surface area contributed by atoms with Gasteiger partial charge < -0.3 is 9.52 Å². The van der Waals surface area contributed by atoms with E-state index in [1.165, 1.54) is 12.8 Å². The van der Waals surface area contributed by atoms with Crippen molar-refractivity contribution in [2.24, 2.45) is 11.8 Å². The zero-order valence-electron chi connectivity index (χ0n) is 9.36. The lowest BCUT2D eigenvalue weighted by atomic mass is 9.76. The van der Waals surface area contributed by atoms with Gasteiger partial charge in [-0.15, -0.1) is 0 Å². The molecule has 15 heavy (non-hydrogen) atoms. The van der Waals surface area contributed by atoms with Crippen LogP contribution in [0.15, 0.2) is 22.8 Å². The van der Waals surface area contributed by atoms with E-state index in [1.807, 2.05) is 12.1 Å². The molecule has 2 nitrogen and oxygen atoms in total. The molecule has 0 aliphatic heterocycles. The number of furan rings is 1. The molecule has 0 amide bonds. The molecule has 2 heteroatoms. The van der Waals surface area contributed by atoms with E-state index in [9.17, 15) is 5.11 Å². The van der Waals surface area contributed by atoms with Crippen LogP contribution in [0.3, 0.4) is 0 Å². The first-order chi connectivity index (χ1) is 7.29. The average molecular weight is 208 g/mol. The van der Waals surface area contributed by atoms with E-state index in [0.29, 0.717) is 5.92 Å². The summed E-state index contributed by atoms with van der Waals surface area (Å²) in [6.45, 7) is 2.24. The third-order valence-corrected chi connectivity index (χ3v) is 3.67. The van der Waals surface area contributed by atoms with E-state index in [2.05, 4.69) is 6.92 Å². The summed E-state index contributed by atoms with van der Waals surface area (Å²) in [5, 5.41) is 9.94. The third-order valence-electron chi connectivity index (χ3n) is 3.67. The van der Waals surface area contributed by atoms with Crippen LogP contribution in [0.25, 0.3) is 0 Å². The zero-order valence-corrected chi connectivity index (χ0v) is 9.36. The van der Waals surface area contributed by atoms with E-state index in [0.717, 1.165) is 30.9 Å². The molecule has 1 aliphatic carbocycles. The lowest BCUT2D eigenvalue weighted by Gasteiger charge is -2.32. The van der Waals surface area contributed by atoms with Crippen LogP contribution in [0.4, 0.5) is 0 Å². The summed E-state index contributed by atoms with van der Waals surface area (Å²) in [4.78, 5) is 0. The highest BCUT2D eigenvalue weighted by molar-refractivity contribution is 5.00. The number of aliphatic hydroxyl groups excluding tert-OH is 1. The van der Waals surface area contributed by atoms with Crippen LogP contribution in [0.2, 0.25) is 0 Å². The van der Waals surface area contributed by atoms with E-state index < -0.39 is 0 Å². The highest BCUT2D eigenvalue weighted by Gasteiger charge is 2.28. The van der Waals surface area contributed by atoms with Crippen LogP contribution in [0.5, 0.6) is 0 Å². The molecule has 3 unspecified atom stereocenters. The second-order valence-electron chi connectivity index (χ2n) is 4.70. The van der Waals surface area contributed by atoms with Crippen LogP contribution in [-0.4, -0.2) is 11.2 Å². The van der Waals surface area contributed by atoms with Gasteiger partial charge in [0.2, 0.25) is 0 Å². The largest absolute Gasteiger partial charge is 0.469 e. The molecule has 1 aromatic rings.